The molecule has 2 N–H and O–H groups in total. The minimum absolute atomic E-state index is 0.0541. The van der Waals surface area contributed by atoms with Gasteiger partial charge in [-0.1, -0.05) is 24.3 Å². The lowest BCUT2D eigenvalue weighted by Crippen LogP contribution is -2.19. The number of carboxylic acid groups (broad SMARTS) is 1. The van der Waals surface area contributed by atoms with Gasteiger partial charge in [-0.15, -0.1) is 0 Å². The molecule has 0 bridgehead atoms. The number of aliphatic carboxylic acids is 1. The number of nitrogens with zero attached hydrogens (tertiary/aromatic N) is 1. The van der Waals surface area contributed by atoms with Crippen LogP contribution >= 0.6 is 11.8 Å². The van der Waals surface area contributed by atoms with Gasteiger partial charge in [0.05, 0.1) is 10.6 Å². The Balaban J connectivity index is 1.72. The van der Waals surface area contributed by atoms with E-state index in [0.29, 0.717) is 27.1 Å². The van der Waals surface area contributed by atoms with Gasteiger partial charge in [-0.2, -0.15) is 0 Å². The zero-order chi connectivity index (χ0) is 20.1. The molecule has 2 aromatic rings. The predicted octanol–water partition coefficient (Wildman–Crippen LogP) is 3.24. The van der Waals surface area contributed by atoms with Crippen LogP contribution < -0.4 is 10.1 Å². The normalized spacial score (nSPS) is 16.2. The van der Waals surface area contributed by atoms with Crippen LogP contribution in [0.2, 0.25) is 0 Å². The van der Waals surface area contributed by atoms with Gasteiger partial charge >= 0.3 is 5.97 Å². The van der Waals surface area contributed by atoms with Gasteiger partial charge in [-0.25, -0.2) is 9.79 Å². The molecule has 28 heavy (non-hydrogen) atoms. The molecular weight excluding hydrogens is 380 g/mol. The number of ketones is 1. The fourth-order valence-electron chi connectivity index (χ4n) is 2.35. The van der Waals surface area contributed by atoms with Crippen molar-refractivity contribution in [2.45, 2.75) is 6.92 Å². The minimum atomic E-state index is -1.05. The number of rotatable bonds is 6. The first-order chi connectivity index (χ1) is 13.4. The molecule has 1 fully saturated rings. The maximum absolute atomic E-state index is 12.2. The lowest BCUT2D eigenvalue weighted by Gasteiger charge is -2.03. The van der Waals surface area contributed by atoms with Crippen molar-refractivity contribution in [2.24, 2.45) is 4.99 Å². The van der Waals surface area contributed by atoms with E-state index in [4.69, 9.17) is 9.84 Å². The first kappa shape index (κ1) is 19.4. The molecule has 0 unspecified atom stereocenters. The summed E-state index contributed by atoms with van der Waals surface area (Å²) < 4.78 is 5.08. The number of benzene rings is 2. The monoisotopic (exact) mass is 396 g/mol. The Labute approximate surface area is 165 Å². The summed E-state index contributed by atoms with van der Waals surface area (Å²) in [6, 6.07) is 13.6. The van der Waals surface area contributed by atoms with E-state index in [9.17, 15) is 14.4 Å². The Morgan fingerprint density at radius 3 is 2.64 bits per heavy atom. The van der Waals surface area contributed by atoms with Crippen molar-refractivity contribution in [3.05, 3.63) is 64.6 Å². The molecule has 1 saturated heterocycles. The number of carboxylic acids is 1. The molecule has 1 amide bonds. The lowest BCUT2D eigenvalue weighted by atomic mass is 10.1. The van der Waals surface area contributed by atoms with Crippen LogP contribution in [-0.4, -0.2) is 34.5 Å². The van der Waals surface area contributed by atoms with E-state index in [1.54, 1.807) is 54.6 Å². The number of hydrogen-bond donors (Lipinski definition) is 2. The van der Waals surface area contributed by atoms with Crippen LogP contribution in [0.5, 0.6) is 5.75 Å². The predicted molar refractivity (Wildman–Crippen MR) is 107 cm³/mol. The average Bonchev–Trinajstić information content (AvgIpc) is 3.00. The van der Waals surface area contributed by atoms with Crippen molar-refractivity contribution < 1.29 is 24.2 Å². The van der Waals surface area contributed by atoms with Crippen LogP contribution in [0.1, 0.15) is 22.8 Å². The van der Waals surface area contributed by atoms with E-state index in [0.717, 1.165) is 5.56 Å². The molecule has 0 atom stereocenters. The van der Waals surface area contributed by atoms with Crippen molar-refractivity contribution in [3.63, 3.8) is 0 Å². The fourth-order valence-corrected chi connectivity index (χ4v) is 3.19. The van der Waals surface area contributed by atoms with Crippen LogP contribution in [0.4, 0.5) is 5.69 Å². The summed E-state index contributed by atoms with van der Waals surface area (Å²) in [5, 5.41) is 11.7. The van der Waals surface area contributed by atoms with Crippen LogP contribution in [0.25, 0.3) is 6.08 Å². The number of ether oxygens (including phenoxy) is 1. The second kappa shape index (κ2) is 8.53. The molecule has 142 valence electrons. The maximum atomic E-state index is 12.2. The lowest BCUT2D eigenvalue weighted by molar-refractivity contribution is -0.139. The van der Waals surface area contributed by atoms with E-state index in [1.807, 2.05) is 0 Å². The highest BCUT2D eigenvalue weighted by atomic mass is 32.2. The van der Waals surface area contributed by atoms with Gasteiger partial charge in [0.1, 0.15) is 5.75 Å². The van der Waals surface area contributed by atoms with Crippen LogP contribution in [0.3, 0.4) is 0 Å². The smallest absolute Gasteiger partial charge is 0.341 e. The van der Waals surface area contributed by atoms with Crippen LogP contribution in [-0.2, 0) is 9.59 Å². The summed E-state index contributed by atoms with van der Waals surface area (Å²) in [6.07, 6.45) is 1.70. The molecular formula is C20H16N2O5S. The van der Waals surface area contributed by atoms with Crippen molar-refractivity contribution in [1.29, 1.82) is 0 Å². The van der Waals surface area contributed by atoms with Crippen LogP contribution in [0.15, 0.2) is 58.4 Å². The molecule has 1 aliphatic rings. The van der Waals surface area contributed by atoms with Gasteiger partial charge in [-0.3, -0.25) is 9.59 Å². The summed E-state index contributed by atoms with van der Waals surface area (Å²) >= 11 is 1.20. The van der Waals surface area contributed by atoms with E-state index >= 15 is 0 Å². The number of Topliss-reactive ketones (excluding diaryl/α,β-unsaturated/α-hetero) is 1. The summed E-state index contributed by atoms with van der Waals surface area (Å²) in [5.41, 5.74) is 1.90. The SMILES string of the molecule is CC(=O)c1cccc(N=C2NC(=O)/C(=C\c3ccc(OCC(=O)O)cc3)S2)c1. The molecule has 7 nitrogen and oxygen atoms in total. The van der Waals surface area contributed by atoms with E-state index in [1.165, 1.54) is 18.7 Å². The number of amides is 1. The molecule has 0 aromatic heterocycles. The molecule has 1 heterocycles. The Morgan fingerprint density at radius 2 is 1.96 bits per heavy atom. The Bertz CT molecular complexity index is 996. The van der Waals surface area contributed by atoms with Gasteiger partial charge in [0.25, 0.3) is 5.91 Å². The largest absolute Gasteiger partial charge is 0.482 e. The Morgan fingerprint density at radius 1 is 1.21 bits per heavy atom. The first-order valence-corrected chi connectivity index (χ1v) is 9.07. The van der Waals surface area contributed by atoms with Gasteiger partial charge in [-0.05, 0) is 54.6 Å². The third-order valence-corrected chi connectivity index (χ3v) is 4.58. The van der Waals surface area contributed by atoms with Gasteiger partial charge in [0, 0.05) is 5.56 Å². The number of thioether (sulfide) groups is 1. The molecule has 0 spiro atoms. The van der Waals surface area contributed by atoms with Crippen molar-refractivity contribution in [2.75, 3.05) is 6.61 Å². The third kappa shape index (κ3) is 5.08. The van der Waals surface area contributed by atoms with Gasteiger partial charge in [0.15, 0.2) is 17.6 Å². The second-order valence-electron chi connectivity index (χ2n) is 5.84. The Hall–Kier alpha value is -3.39. The molecule has 0 radical (unpaired) electrons. The van der Waals surface area contributed by atoms with Gasteiger partial charge in [0.2, 0.25) is 0 Å². The molecule has 0 aliphatic carbocycles. The zero-order valence-corrected chi connectivity index (χ0v) is 15.7. The summed E-state index contributed by atoms with van der Waals surface area (Å²) in [5.74, 6) is -0.939. The number of amidine groups is 1. The van der Waals surface area contributed by atoms with E-state index < -0.39 is 12.6 Å². The average molecular weight is 396 g/mol. The summed E-state index contributed by atoms with van der Waals surface area (Å²) in [7, 11) is 0. The number of nitrogens with one attached hydrogen (secondary N) is 1. The van der Waals surface area contributed by atoms with Crippen molar-refractivity contribution >= 4 is 46.4 Å². The first-order valence-electron chi connectivity index (χ1n) is 8.26. The fraction of sp³-hybridized carbons (Fsp3) is 0.100. The number of carbonyl (C=O) groups excluding carboxylic acids is 2. The molecule has 8 heteroatoms. The highest BCUT2D eigenvalue weighted by Gasteiger charge is 2.23. The van der Waals surface area contributed by atoms with E-state index in [2.05, 4.69) is 10.3 Å². The maximum Gasteiger partial charge on any atom is 0.341 e. The second-order valence-corrected chi connectivity index (χ2v) is 6.87. The topological polar surface area (TPSA) is 105 Å². The highest BCUT2D eigenvalue weighted by Crippen LogP contribution is 2.28. The number of carbonyl (C=O) groups is 3. The summed E-state index contributed by atoms with van der Waals surface area (Å²) in [4.78, 5) is 39.0. The van der Waals surface area contributed by atoms with Gasteiger partial charge < -0.3 is 15.2 Å². The molecule has 1 aliphatic heterocycles. The quantitative estimate of drug-likeness (QED) is 0.574. The molecule has 0 saturated carbocycles. The minimum Gasteiger partial charge on any atom is -0.482 e. The summed E-state index contributed by atoms with van der Waals surface area (Å²) in [6.45, 7) is 1.07. The standard InChI is InChI=1S/C20H16N2O5S/c1-12(23)14-3-2-4-15(10-14)21-20-22-19(26)17(28-20)9-13-5-7-16(8-6-13)27-11-18(24)25/h2-10H,11H2,1H3,(H,24,25)(H,21,22,26)/b17-9+. The molecule has 3 rings (SSSR count). The third-order valence-electron chi connectivity index (χ3n) is 3.67. The van der Waals surface area contributed by atoms with Crippen molar-refractivity contribution in [3.8, 4) is 5.75 Å². The highest BCUT2D eigenvalue weighted by molar-refractivity contribution is 8.18. The number of aliphatic imine (C=N–C) groups is 1. The Kier molecular flexibility index (Phi) is 5.90. The van der Waals surface area contributed by atoms with Crippen LogP contribution in [0, 0.1) is 0 Å². The van der Waals surface area contributed by atoms with E-state index in [-0.39, 0.29) is 11.7 Å². The van der Waals surface area contributed by atoms with Crippen molar-refractivity contribution in [1.82, 2.24) is 5.32 Å². The molecule has 2 aromatic carbocycles. The zero-order valence-electron chi connectivity index (χ0n) is 14.8. The number of hydrogen-bond acceptors (Lipinski definition) is 6.